The number of rotatable bonds is 6. The Morgan fingerprint density at radius 2 is 1.78 bits per heavy atom. The average molecular weight is 352 g/mol. The predicted molar refractivity (Wildman–Crippen MR) is 95.6 cm³/mol. The monoisotopic (exact) mass is 351 g/mol. The Kier molecular flexibility index (Phi) is 6.31. The Morgan fingerprint density at radius 1 is 1.09 bits per heavy atom. The second-order valence-electron chi connectivity index (χ2n) is 5.49. The van der Waals surface area contributed by atoms with Gasteiger partial charge >= 0.3 is 0 Å². The van der Waals surface area contributed by atoms with Gasteiger partial charge in [-0.3, -0.25) is 4.79 Å². The Balaban J connectivity index is 1.85. The zero-order chi connectivity index (χ0) is 16.8. The van der Waals surface area contributed by atoms with Gasteiger partial charge in [0.05, 0.1) is 16.1 Å². The smallest absolute Gasteiger partial charge is 0.224 e. The van der Waals surface area contributed by atoms with Gasteiger partial charge in [-0.05, 0) is 62.2 Å². The number of carbonyl (C=O) groups is 1. The average Bonchev–Trinajstić information content (AvgIpc) is 2.50. The first-order valence-corrected chi connectivity index (χ1v) is 8.20. The molecule has 2 rings (SSSR count). The molecule has 0 aliphatic carbocycles. The summed E-state index contributed by atoms with van der Waals surface area (Å²) in [5.41, 5.74) is 1.73. The molecule has 5 heteroatoms. The molecular weight excluding hydrogens is 333 g/mol. The van der Waals surface area contributed by atoms with Crippen LogP contribution in [0.2, 0.25) is 10.0 Å². The lowest BCUT2D eigenvalue weighted by atomic mass is 10.1. The van der Waals surface area contributed by atoms with Gasteiger partial charge in [-0.1, -0.05) is 29.3 Å². The fraction of sp³-hybridized carbons (Fsp3) is 0.278. The Morgan fingerprint density at radius 3 is 2.39 bits per heavy atom. The Hall–Kier alpha value is -1.71. The first-order valence-electron chi connectivity index (χ1n) is 7.44. The Bertz CT molecular complexity index is 669. The van der Waals surface area contributed by atoms with Crippen LogP contribution in [0.25, 0.3) is 0 Å². The number of hydrogen-bond donors (Lipinski definition) is 1. The number of carbonyl (C=O) groups excluding carboxylic acids is 1. The topological polar surface area (TPSA) is 38.3 Å². The molecule has 0 radical (unpaired) electrons. The van der Waals surface area contributed by atoms with Crippen molar-refractivity contribution >= 4 is 34.8 Å². The first kappa shape index (κ1) is 17.6. The molecule has 0 aromatic heterocycles. The molecule has 1 N–H and O–H groups in total. The van der Waals surface area contributed by atoms with Gasteiger partial charge in [-0.25, -0.2) is 0 Å². The normalized spacial score (nSPS) is 10.7. The minimum absolute atomic E-state index is 0.0476. The zero-order valence-electron chi connectivity index (χ0n) is 13.1. The van der Waals surface area contributed by atoms with Crippen LogP contribution in [0.3, 0.4) is 0 Å². The van der Waals surface area contributed by atoms with Gasteiger partial charge in [-0.15, -0.1) is 0 Å². The number of nitrogens with one attached hydrogen (secondary N) is 1. The lowest BCUT2D eigenvalue weighted by Crippen LogP contribution is -2.12. The van der Waals surface area contributed by atoms with Gasteiger partial charge < -0.3 is 10.1 Å². The van der Waals surface area contributed by atoms with E-state index < -0.39 is 0 Å². The van der Waals surface area contributed by atoms with Crippen LogP contribution in [0, 0.1) is 0 Å². The molecule has 0 spiro atoms. The van der Waals surface area contributed by atoms with E-state index in [0.29, 0.717) is 22.9 Å². The molecule has 0 heterocycles. The minimum atomic E-state index is -0.0476. The van der Waals surface area contributed by atoms with E-state index in [1.54, 1.807) is 12.1 Å². The van der Waals surface area contributed by atoms with Crippen LogP contribution in [0.4, 0.5) is 5.69 Å². The van der Waals surface area contributed by atoms with Gasteiger partial charge in [0.2, 0.25) is 5.91 Å². The third-order valence-corrected chi connectivity index (χ3v) is 3.87. The summed E-state index contributed by atoms with van der Waals surface area (Å²) >= 11 is 11.8. The quantitative estimate of drug-likeness (QED) is 0.761. The second-order valence-corrected chi connectivity index (χ2v) is 6.30. The van der Waals surface area contributed by atoms with Crippen LogP contribution in [-0.2, 0) is 11.2 Å². The van der Waals surface area contributed by atoms with Crippen LogP contribution in [0.1, 0.15) is 25.8 Å². The third kappa shape index (κ3) is 5.77. The molecule has 0 unspecified atom stereocenters. The number of amides is 1. The highest BCUT2D eigenvalue weighted by Gasteiger charge is 2.06. The highest BCUT2D eigenvalue weighted by Crippen LogP contribution is 2.23. The number of hydrogen-bond acceptors (Lipinski definition) is 2. The summed E-state index contributed by atoms with van der Waals surface area (Å²) in [6.45, 7) is 3.94. The van der Waals surface area contributed by atoms with Crippen molar-refractivity contribution in [1.29, 1.82) is 0 Å². The van der Waals surface area contributed by atoms with E-state index in [0.717, 1.165) is 17.0 Å². The minimum Gasteiger partial charge on any atom is -0.491 e. The molecule has 3 nitrogen and oxygen atoms in total. The number of anilines is 1. The van der Waals surface area contributed by atoms with Crippen molar-refractivity contribution in [3.05, 3.63) is 58.1 Å². The summed E-state index contributed by atoms with van der Waals surface area (Å²) in [6.07, 6.45) is 1.11. The third-order valence-electron chi connectivity index (χ3n) is 3.13. The molecule has 0 fully saturated rings. The Labute approximate surface area is 146 Å². The van der Waals surface area contributed by atoms with Crippen molar-refractivity contribution in [3.63, 3.8) is 0 Å². The fourth-order valence-corrected chi connectivity index (χ4v) is 2.39. The fourth-order valence-electron chi connectivity index (χ4n) is 2.07. The summed E-state index contributed by atoms with van der Waals surface area (Å²) in [6, 6.07) is 12.7. The van der Waals surface area contributed by atoms with Gasteiger partial charge in [0.25, 0.3) is 0 Å². The van der Waals surface area contributed by atoms with Gasteiger partial charge in [0.1, 0.15) is 5.75 Å². The lowest BCUT2D eigenvalue weighted by molar-refractivity contribution is -0.116. The van der Waals surface area contributed by atoms with Gasteiger partial charge in [0, 0.05) is 12.1 Å². The van der Waals surface area contributed by atoms with Crippen molar-refractivity contribution in [3.8, 4) is 5.75 Å². The summed E-state index contributed by atoms with van der Waals surface area (Å²) < 4.78 is 5.56. The van der Waals surface area contributed by atoms with E-state index in [1.807, 2.05) is 44.2 Å². The van der Waals surface area contributed by atoms with Gasteiger partial charge in [-0.2, -0.15) is 0 Å². The van der Waals surface area contributed by atoms with E-state index in [4.69, 9.17) is 27.9 Å². The second kappa shape index (κ2) is 8.23. The molecule has 0 atom stereocenters. The molecule has 2 aromatic carbocycles. The summed E-state index contributed by atoms with van der Waals surface area (Å²) in [7, 11) is 0. The van der Waals surface area contributed by atoms with Crippen molar-refractivity contribution in [1.82, 2.24) is 0 Å². The maximum Gasteiger partial charge on any atom is 0.224 e. The number of benzene rings is 2. The van der Waals surface area contributed by atoms with Crippen LogP contribution < -0.4 is 10.1 Å². The lowest BCUT2D eigenvalue weighted by Gasteiger charge is -2.10. The molecule has 0 aliphatic rings. The maximum absolute atomic E-state index is 12.0. The van der Waals surface area contributed by atoms with E-state index in [-0.39, 0.29) is 12.0 Å². The molecule has 1 amide bonds. The maximum atomic E-state index is 12.0. The van der Waals surface area contributed by atoms with E-state index in [1.165, 1.54) is 0 Å². The molecule has 2 aromatic rings. The van der Waals surface area contributed by atoms with Crippen molar-refractivity contribution < 1.29 is 9.53 Å². The SMILES string of the molecule is CC(C)Oc1ccc(NC(=O)CCc2ccc(Cl)c(Cl)c2)cc1. The van der Waals surface area contributed by atoms with E-state index >= 15 is 0 Å². The molecule has 0 bridgehead atoms. The van der Waals surface area contributed by atoms with Crippen molar-refractivity contribution in [2.24, 2.45) is 0 Å². The van der Waals surface area contributed by atoms with Crippen molar-refractivity contribution in [2.75, 3.05) is 5.32 Å². The molecule has 23 heavy (non-hydrogen) atoms. The number of ether oxygens (including phenoxy) is 1. The largest absolute Gasteiger partial charge is 0.491 e. The zero-order valence-corrected chi connectivity index (χ0v) is 14.6. The molecule has 122 valence electrons. The molecule has 0 saturated heterocycles. The van der Waals surface area contributed by atoms with Gasteiger partial charge in [0.15, 0.2) is 0 Å². The van der Waals surface area contributed by atoms with Crippen molar-refractivity contribution in [2.45, 2.75) is 32.8 Å². The van der Waals surface area contributed by atoms with E-state index in [2.05, 4.69) is 5.32 Å². The van der Waals surface area contributed by atoms with Crippen LogP contribution in [0.15, 0.2) is 42.5 Å². The standard InChI is InChI=1S/C18H19Cl2NO2/c1-12(2)23-15-7-5-14(6-8-15)21-18(22)10-4-13-3-9-16(19)17(20)11-13/h3,5-9,11-12H,4,10H2,1-2H3,(H,21,22). The highest BCUT2D eigenvalue weighted by atomic mass is 35.5. The van der Waals surface area contributed by atoms with Crippen LogP contribution in [0.5, 0.6) is 5.75 Å². The molecule has 0 aliphatic heterocycles. The first-order chi connectivity index (χ1) is 10.9. The number of halogens is 2. The summed E-state index contributed by atoms with van der Waals surface area (Å²) in [4.78, 5) is 12.0. The van der Waals surface area contributed by atoms with Crippen LogP contribution >= 0.6 is 23.2 Å². The van der Waals surface area contributed by atoms with Crippen LogP contribution in [-0.4, -0.2) is 12.0 Å². The summed E-state index contributed by atoms with van der Waals surface area (Å²) in [5, 5.41) is 3.89. The predicted octanol–water partition coefficient (Wildman–Crippen LogP) is 5.35. The highest BCUT2D eigenvalue weighted by molar-refractivity contribution is 6.42. The van der Waals surface area contributed by atoms with E-state index in [9.17, 15) is 4.79 Å². The number of aryl methyl sites for hydroxylation is 1. The summed E-state index contributed by atoms with van der Waals surface area (Å²) in [5.74, 6) is 0.738. The molecule has 0 saturated carbocycles. The molecular formula is C18H19Cl2NO2.